The van der Waals surface area contributed by atoms with Crippen LogP contribution >= 0.6 is 0 Å². The van der Waals surface area contributed by atoms with Crippen molar-refractivity contribution in [1.82, 2.24) is 0 Å². The van der Waals surface area contributed by atoms with Gasteiger partial charge in [-0.05, 0) is 30.3 Å². The summed E-state index contributed by atoms with van der Waals surface area (Å²) in [7, 11) is -3.20. The summed E-state index contributed by atoms with van der Waals surface area (Å²) in [4.78, 5) is 0.253. The van der Waals surface area contributed by atoms with E-state index in [0.29, 0.717) is 12.1 Å². The lowest BCUT2D eigenvalue weighted by molar-refractivity contribution is 0.400. The van der Waals surface area contributed by atoms with Crippen LogP contribution in [0.1, 0.15) is 5.56 Å². The Balaban J connectivity index is 2.10. The number of rotatable bonds is 4. The van der Waals surface area contributed by atoms with Crippen molar-refractivity contribution >= 4 is 15.5 Å². The molecule has 0 fully saturated rings. The van der Waals surface area contributed by atoms with Crippen LogP contribution in [-0.2, 0) is 16.4 Å². The Morgan fingerprint density at radius 2 is 1.70 bits per heavy atom. The molecule has 20 heavy (non-hydrogen) atoms. The molecule has 6 heteroatoms. The summed E-state index contributed by atoms with van der Waals surface area (Å²) in [5.74, 6) is -0.329. The average molecular weight is 293 g/mol. The molecule has 0 aliphatic carbocycles. The van der Waals surface area contributed by atoms with Gasteiger partial charge in [0.2, 0.25) is 0 Å². The molecular weight excluding hydrogens is 278 g/mol. The van der Waals surface area contributed by atoms with E-state index >= 15 is 0 Å². The van der Waals surface area contributed by atoms with Gasteiger partial charge in [0.15, 0.2) is 21.3 Å². The van der Waals surface area contributed by atoms with Crippen LogP contribution in [0.25, 0.3) is 0 Å². The van der Waals surface area contributed by atoms with Crippen molar-refractivity contribution in [2.45, 2.75) is 11.4 Å². The number of phenols is 2. The maximum Gasteiger partial charge on any atom is 0.175 e. The molecule has 0 saturated heterocycles. The van der Waals surface area contributed by atoms with Gasteiger partial charge in [0, 0.05) is 24.1 Å². The Bertz CT molecular complexity index is 708. The summed E-state index contributed by atoms with van der Waals surface area (Å²) in [6.07, 6.45) is 1.15. The van der Waals surface area contributed by atoms with Crippen LogP contribution in [0.15, 0.2) is 47.4 Å². The predicted molar refractivity (Wildman–Crippen MR) is 76.7 cm³/mol. The maximum absolute atomic E-state index is 11.3. The molecule has 0 atom stereocenters. The van der Waals surface area contributed by atoms with Crippen molar-refractivity contribution < 1.29 is 18.6 Å². The molecule has 5 nitrogen and oxygen atoms in total. The zero-order chi connectivity index (χ0) is 14.8. The summed E-state index contributed by atoms with van der Waals surface area (Å²) < 4.78 is 22.6. The van der Waals surface area contributed by atoms with Crippen molar-refractivity contribution in [2.24, 2.45) is 0 Å². The molecule has 0 amide bonds. The molecule has 0 radical (unpaired) electrons. The van der Waals surface area contributed by atoms with Crippen molar-refractivity contribution in [1.29, 1.82) is 0 Å². The molecular formula is C14H15NO4S. The molecule has 0 aromatic heterocycles. The molecule has 2 aromatic rings. The van der Waals surface area contributed by atoms with Gasteiger partial charge in [0.1, 0.15) is 0 Å². The summed E-state index contributed by atoms with van der Waals surface area (Å²) in [5, 5.41) is 22.1. The lowest BCUT2D eigenvalue weighted by Crippen LogP contribution is -2.01. The number of para-hydroxylation sites is 1. The van der Waals surface area contributed by atoms with Crippen LogP contribution in [0, 0.1) is 0 Å². The van der Waals surface area contributed by atoms with E-state index in [-0.39, 0.29) is 16.4 Å². The Morgan fingerprint density at radius 3 is 2.30 bits per heavy atom. The minimum Gasteiger partial charge on any atom is -0.504 e. The molecule has 0 unspecified atom stereocenters. The number of sulfone groups is 1. The molecule has 2 rings (SSSR count). The maximum atomic E-state index is 11.3. The lowest BCUT2D eigenvalue weighted by atomic mass is 10.2. The summed E-state index contributed by atoms with van der Waals surface area (Å²) in [6.45, 7) is 0.318. The SMILES string of the molecule is CS(=O)(=O)c1ccc(NCc2cccc(O)c2O)cc1. The number of hydrogen-bond acceptors (Lipinski definition) is 5. The second kappa shape index (κ2) is 5.42. The Hall–Kier alpha value is -2.21. The van der Waals surface area contributed by atoms with Crippen LogP contribution in [-0.4, -0.2) is 24.9 Å². The van der Waals surface area contributed by atoms with Gasteiger partial charge in [-0.2, -0.15) is 0 Å². The number of hydrogen-bond donors (Lipinski definition) is 3. The van der Waals surface area contributed by atoms with Crippen molar-refractivity contribution in [3.8, 4) is 11.5 Å². The highest BCUT2D eigenvalue weighted by Gasteiger charge is 2.07. The summed E-state index contributed by atoms with van der Waals surface area (Å²) in [6, 6.07) is 11.1. The fourth-order valence-electron chi connectivity index (χ4n) is 1.74. The smallest absolute Gasteiger partial charge is 0.175 e. The standard InChI is InChI=1S/C14H15NO4S/c1-20(18,19)12-7-5-11(6-8-12)15-9-10-3-2-4-13(16)14(10)17/h2-8,15-17H,9H2,1H3. The second-order valence-electron chi connectivity index (χ2n) is 4.43. The quantitative estimate of drug-likeness (QED) is 0.752. The fourth-order valence-corrected chi connectivity index (χ4v) is 2.37. The van der Waals surface area contributed by atoms with Crippen LogP contribution in [0.5, 0.6) is 11.5 Å². The first kappa shape index (κ1) is 14.2. The summed E-state index contributed by atoms with van der Waals surface area (Å²) >= 11 is 0. The number of phenolic OH excluding ortho intramolecular Hbond substituents is 2. The second-order valence-corrected chi connectivity index (χ2v) is 6.45. The molecule has 3 N–H and O–H groups in total. The van der Waals surface area contributed by atoms with E-state index in [1.54, 1.807) is 24.3 Å². The molecule has 2 aromatic carbocycles. The largest absolute Gasteiger partial charge is 0.504 e. The van der Waals surface area contributed by atoms with Gasteiger partial charge in [-0.15, -0.1) is 0 Å². The Morgan fingerprint density at radius 1 is 1.05 bits per heavy atom. The van der Waals surface area contributed by atoms with Crippen LogP contribution in [0.2, 0.25) is 0 Å². The molecule has 106 valence electrons. The van der Waals surface area contributed by atoms with Crippen molar-refractivity contribution in [3.05, 3.63) is 48.0 Å². The van der Waals surface area contributed by atoms with Crippen LogP contribution < -0.4 is 5.32 Å². The number of benzene rings is 2. The van der Waals surface area contributed by atoms with E-state index in [1.165, 1.54) is 18.2 Å². The number of nitrogens with one attached hydrogen (secondary N) is 1. The Kier molecular flexibility index (Phi) is 3.85. The zero-order valence-electron chi connectivity index (χ0n) is 10.9. The molecule has 0 bridgehead atoms. The van der Waals surface area contributed by atoms with Crippen molar-refractivity contribution in [2.75, 3.05) is 11.6 Å². The first-order valence-corrected chi connectivity index (χ1v) is 7.81. The number of aromatic hydroxyl groups is 2. The van der Waals surface area contributed by atoms with Gasteiger partial charge >= 0.3 is 0 Å². The topological polar surface area (TPSA) is 86.6 Å². The average Bonchev–Trinajstić information content (AvgIpc) is 2.40. The van der Waals surface area contributed by atoms with Gasteiger partial charge in [0.25, 0.3) is 0 Å². The molecule has 0 aliphatic heterocycles. The van der Waals surface area contributed by atoms with Gasteiger partial charge in [-0.3, -0.25) is 0 Å². The fraction of sp³-hybridized carbons (Fsp3) is 0.143. The van der Waals surface area contributed by atoms with Gasteiger partial charge in [-0.1, -0.05) is 12.1 Å². The van der Waals surface area contributed by atoms with Gasteiger partial charge < -0.3 is 15.5 Å². The third kappa shape index (κ3) is 3.21. The van der Waals surface area contributed by atoms with E-state index in [1.807, 2.05) is 0 Å². The normalized spacial score (nSPS) is 11.2. The summed E-state index contributed by atoms with van der Waals surface area (Å²) in [5.41, 5.74) is 1.28. The van der Waals surface area contributed by atoms with E-state index < -0.39 is 9.84 Å². The zero-order valence-corrected chi connectivity index (χ0v) is 11.7. The molecule has 0 heterocycles. The molecule has 0 aliphatic rings. The highest BCUT2D eigenvalue weighted by molar-refractivity contribution is 7.90. The lowest BCUT2D eigenvalue weighted by Gasteiger charge is -2.09. The molecule has 0 saturated carbocycles. The third-order valence-corrected chi connectivity index (χ3v) is 3.99. The van der Waals surface area contributed by atoms with E-state index in [0.717, 1.165) is 11.9 Å². The van der Waals surface area contributed by atoms with E-state index in [2.05, 4.69) is 5.32 Å². The van der Waals surface area contributed by atoms with E-state index in [4.69, 9.17) is 0 Å². The minimum absolute atomic E-state index is 0.159. The monoisotopic (exact) mass is 293 g/mol. The van der Waals surface area contributed by atoms with Gasteiger partial charge in [-0.25, -0.2) is 8.42 Å². The van der Waals surface area contributed by atoms with Crippen LogP contribution in [0.3, 0.4) is 0 Å². The van der Waals surface area contributed by atoms with Gasteiger partial charge in [0.05, 0.1) is 4.90 Å². The highest BCUT2D eigenvalue weighted by Crippen LogP contribution is 2.28. The number of anilines is 1. The third-order valence-electron chi connectivity index (χ3n) is 2.86. The Labute approximate surface area is 117 Å². The first-order chi connectivity index (χ1) is 9.38. The first-order valence-electron chi connectivity index (χ1n) is 5.92. The highest BCUT2D eigenvalue weighted by atomic mass is 32.2. The molecule has 0 spiro atoms. The van der Waals surface area contributed by atoms with E-state index in [9.17, 15) is 18.6 Å². The minimum atomic E-state index is -3.20. The predicted octanol–water partition coefficient (Wildman–Crippen LogP) is 2.11. The van der Waals surface area contributed by atoms with Crippen molar-refractivity contribution in [3.63, 3.8) is 0 Å². The van der Waals surface area contributed by atoms with Crippen LogP contribution in [0.4, 0.5) is 5.69 Å².